The number of hydrogen-bond donors (Lipinski definition) is 3. The number of nitrogen functional groups attached to an aromatic ring is 1. The number of imidazole rings is 1. The summed E-state index contributed by atoms with van der Waals surface area (Å²) in [4.78, 5) is 23.7. The Kier molecular flexibility index (Phi) is 2.79. The van der Waals surface area contributed by atoms with E-state index in [1.807, 2.05) is 4.57 Å². The lowest BCUT2D eigenvalue weighted by Gasteiger charge is -2.12. The van der Waals surface area contributed by atoms with E-state index >= 15 is 0 Å². The fourth-order valence-electron chi connectivity index (χ4n) is 2.68. The quantitative estimate of drug-likeness (QED) is 0.527. The predicted molar refractivity (Wildman–Crippen MR) is 66.0 cm³/mol. The Balaban J connectivity index is 1.90. The van der Waals surface area contributed by atoms with Gasteiger partial charge in [0.15, 0.2) is 11.5 Å². The molecule has 2 aromatic rings. The summed E-state index contributed by atoms with van der Waals surface area (Å²) < 4.78 is 1.93. The second-order valence-corrected chi connectivity index (χ2v) is 4.72. The molecule has 8 nitrogen and oxygen atoms in total. The Morgan fingerprint density at radius 3 is 3.05 bits per heavy atom. The largest absolute Gasteiger partial charge is 0.382 e. The predicted octanol–water partition coefficient (Wildman–Crippen LogP) is 0.255. The van der Waals surface area contributed by atoms with E-state index in [9.17, 15) is 4.79 Å². The molecule has 0 bridgehead atoms. The molecule has 1 fully saturated rings. The Labute approximate surface area is 108 Å². The average molecular weight is 262 g/mol. The van der Waals surface area contributed by atoms with Crippen LogP contribution in [0.25, 0.3) is 11.2 Å². The van der Waals surface area contributed by atoms with Crippen molar-refractivity contribution in [2.45, 2.75) is 25.3 Å². The summed E-state index contributed by atoms with van der Waals surface area (Å²) in [6, 6.07) is 0.140. The number of nitrogens with two attached hydrogens (primary N) is 1. The number of rotatable bonds is 2. The van der Waals surface area contributed by atoms with Gasteiger partial charge in [0.2, 0.25) is 5.91 Å². The maximum absolute atomic E-state index is 11.4. The van der Waals surface area contributed by atoms with Crippen molar-refractivity contribution in [1.82, 2.24) is 25.0 Å². The molecule has 1 aliphatic carbocycles. The van der Waals surface area contributed by atoms with E-state index in [1.165, 1.54) is 6.33 Å². The summed E-state index contributed by atoms with van der Waals surface area (Å²) in [5.41, 5.74) is 8.71. The number of amides is 1. The number of hydrogen-bond acceptors (Lipinski definition) is 6. The van der Waals surface area contributed by atoms with Crippen LogP contribution in [0.5, 0.6) is 0 Å². The Hall–Kier alpha value is -2.22. The lowest BCUT2D eigenvalue weighted by Crippen LogP contribution is -2.26. The molecule has 1 amide bonds. The first-order valence-electron chi connectivity index (χ1n) is 6.07. The second kappa shape index (κ2) is 4.47. The number of nitrogens with one attached hydrogen (secondary N) is 1. The molecule has 4 N–H and O–H groups in total. The van der Waals surface area contributed by atoms with Gasteiger partial charge in [-0.05, 0) is 19.3 Å². The standard InChI is InChI=1S/C11H14N6O2/c12-9-8-10(14-4-13-9)17(5-15-8)7-2-1-6(3-7)11(18)16-19/h4-7,19H,1-3H2,(H,16,18)(H2,12,13,14)/t6-,7+/m1/s1. The first-order valence-corrected chi connectivity index (χ1v) is 6.07. The van der Waals surface area contributed by atoms with E-state index in [2.05, 4.69) is 15.0 Å². The minimum atomic E-state index is -0.332. The molecule has 2 heterocycles. The normalized spacial score (nSPS) is 22.8. The molecule has 1 saturated carbocycles. The van der Waals surface area contributed by atoms with Crippen molar-refractivity contribution in [3.8, 4) is 0 Å². The van der Waals surface area contributed by atoms with E-state index in [-0.39, 0.29) is 17.9 Å². The highest BCUT2D eigenvalue weighted by molar-refractivity contribution is 5.81. The second-order valence-electron chi connectivity index (χ2n) is 4.72. The zero-order valence-electron chi connectivity index (χ0n) is 10.2. The van der Waals surface area contributed by atoms with Crippen molar-refractivity contribution in [2.24, 2.45) is 5.92 Å². The molecule has 2 atom stereocenters. The monoisotopic (exact) mass is 262 g/mol. The summed E-state index contributed by atoms with van der Waals surface area (Å²) in [6.45, 7) is 0. The molecule has 3 rings (SSSR count). The van der Waals surface area contributed by atoms with Gasteiger partial charge in [0.25, 0.3) is 0 Å². The Morgan fingerprint density at radius 1 is 1.42 bits per heavy atom. The number of aromatic nitrogens is 4. The third kappa shape index (κ3) is 1.89. The van der Waals surface area contributed by atoms with Gasteiger partial charge in [0.05, 0.1) is 6.33 Å². The van der Waals surface area contributed by atoms with Crippen LogP contribution in [0.4, 0.5) is 5.82 Å². The molecule has 0 radical (unpaired) electrons. The maximum atomic E-state index is 11.4. The van der Waals surface area contributed by atoms with Gasteiger partial charge < -0.3 is 10.3 Å². The Bertz CT molecular complexity index is 625. The molecule has 0 saturated heterocycles. The fourth-order valence-corrected chi connectivity index (χ4v) is 2.68. The first-order chi connectivity index (χ1) is 9.20. The first kappa shape index (κ1) is 11.8. The lowest BCUT2D eigenvalue weighted by atomic mass is 10.1. The number of carbonyl (C=O) groups is 1. The molecule has 0 aliphatic heterocycles. The van der Waals surface area contributed by atoms with Crippen molar-refractivity contribution in [1.29, 1.82) is 0 Å². The van der Waals surface area contributed by atoms with Crippen molar-refractivity contribution in [2.75, 3.05) is 5.73 Å². The molecule has 0 spiro atoms. The van der Waals surface area contributed by atoms with Gasteiger partial charge >= 0.3 is 0 Å². The van der Waals surface area contributed by atoms with Gasteiger partial charge in [0, 0.05) is 12.0 Å². The fraction of sp³-hybridized carbons (Fsp3) is 0.455. The van der Waals surface area contributed by atoms with Crippen LogP contribution in [-0.4, -0.2) is 30.6 Å². The molecular weight excluding hydrogens is 248 g/mol. The number of anilines is 1. The highest BCUT2D eigenvalue weighted by Gasteiger charge is 2.31. The van der Waals surface area contributed by atoms with Crippen molar-refractivity contribution in [3.63, 3.8) is 0 Å². The van der Waals surface area contributed by atoms with E-state index < -0.39 is 0 Å². The van der Waals surface area contributed by atoms with E-state index in [1.54, 1.807) is 11.8 Å². The van der Waals surface area contributed by atoms with E-state index in [0.29, 0.717) is 23.4 Å². The third-order valence-corrected chi connectivity index (χ3v) is 3.67. The van der Waals surface area contributed by atoms with Crippen LogP contribution in [0.15, 0.2) is 12.7 Å². The zero-order chi connectivity index (χ0) is 13.4. The molecular formula is C11H14N6O2. The lowest BCUT2D eigenvalue weighted by molar-refractivity contribution is -0.133. The van der Waals surface area contributed by atoms with Gasteiger partial charge in [-0.25, -0.2) is 20.4 Å². The zero-order valence-corrected chi connectivity index (χ0v) is 10.2. The third-order valence-electron chi connectivity index (χ3n) is 3.67. The Morgan fingerprint density at radius 2 is 2.26 bits per heavy atom. The molecule has 1 aliphatic rings. The van der Waals surface area contributed by atoms with Crippen LogP contribution in [-0.2, 0) is 4.79 Å². The van der Waals surface area contributed by atoms with Crippen LogP contribution in [0.2, 0.25) is 0 Å². The number of fused-ring (bicyclic) bond motifs is 1. The maximum Gasteiger partial charge on any atom is 0.246 e. The number of nitrogens with zero attached hydrogens (tertiary/aromatic N) is 4. The topological polar surface area (TPSA) is 119 Å². The summed E-state index contributed by atoms with van der Waals surface area (Å²) >= 11 is 0. The smallest absolute Gasteiger partial charge is 0.246 e. The summed E-state index contributed by atoms with van der Waals surface area (Å²) in [5.74, 6) is -0.154. The van der Waals surface area contributed by atoms with E-state index in [0.717, 1.165) is 12.8 Å². The number of hydroxylamine groups is 1. The van der Waals surface area contributed by atoms with E-state index in [4.69, 9.17) is 10.9 Å². The number of carbonyl (C=O) groups excluding carboxylic acids is 1. The summed E-state index contributed by atoms with van der Waals surface area (Å²) in [5, 5.41) is 8.66. The minimum absolute atomic E-state index is 0.140. The molecule has 0 unspecified atom stereocenters. The molecule has 0 aromatic carbocycles. The van der Waals surface area contributed by atoms with Crippen LogP contribution >= 0.6 is 0 Å². The summed E-state index contributed by atoms with van der Waals surface area (Å²) in [6.07, 6.45) is 5.31. The van der Waals surface area contributed by atoms with Crippen LogP contribution in [0, 0.1) is 5.92 Å². The van der Waals surface area contributed by atoms with Crippen LogP contribution < -0.4 is 11.2 Å². The van der Waals surface area contributed by atoms with Crippen molar-refractivity contribution in [3.05, 3.63) is 12.7 Å². The summed E-state index contributed by atoms with van der Waals surface area (Å²) in [7, 11) is 0. The van der Waals surface area contributed by atoms with Crippen molar-refractivity contribution >= 4 is 22.9 Å². The van der Waals surface area contributed by atoms with Gasteiger partial charge in [-0.2, -0.15) is 0 Å². The van der Waals surface area contributed by atoms with Crippen LogP contribution in [0.3, 0.4) is 0 Å². The minimum Gasteiger partial charge on any atom is -0.382 e. The molecule has 2 aromatic heterocycles. The SMILES string of the molecule is Nc1ncnc2c1ncn2[C@H]1CC[C@@H](C(=O)NO)C1. The van der Waals surface area contributed by atoms with Crippen molar-refractivity contribution < 1.29 is 10.0 Å². The van der Waals surface area contributed by atoms with Gasteiger partial charge in [-0.15, -0.1) is 0 Å². The average Bonchev–Trinajstić information content (AvgIpc) is 3.04. The van der Waals surface area contributed by atoms with Crippen LogP contribution in [0.1, 0.15) is 25.3 Å². The highest BCUT2D eigenvalue weighted by Crippen LogP contribution is 2.36. The van der Waals surface area contributed by atoms with Gasteiger partial charge in [0.1, 0.15) is 11.8 Å². The van der Waals surface area contributed by atoms with Gasteiger partial charge in [-0.1, -0.05) is 0 Å². The highest BCUT2D eigenvalue weighted by atomic mass is 16.5. The van der Waals surface area contributed by atoms with Gasteiger partial charge in [-0.3, -0.25) is 10.0 Å². The molecule has 19 heavy (non-hydrogen) atoms. The molecule has 100 valence electrons. The molecule has 8 heteroatoms.